The minimum absolute atomic E-state index is 0.0531. The van der Waals surface area contributed by atoms with Crippen molar-refractivity contribution in [3.05, 3.63) is 33.8 Å². The van der Waals surface area contributed by atoms with Gasteiger partial charge < -0.3 is 10.4 Å². The van der Waals surface area contributed by atoms with E-state index < -0.39 is 17.7 Å². The molecule has 0 amide bonds. The monoisotopic (exact) mass is 320 g/mol. The predicted octanol–water partition coefficient (Wildman–Crippen LogP) is 1.67. The number of rotatable bonds is 3. The number of aliphatic hydroxyl groups excluding tert-OH is 1. The van der Waals surface area contributed by atoms with Crippen LogP contribution in [0.15, 0.2) is 16.6 Å². The van der Waals surface area contributed by atoms with Crippen molar-refractivity contribution in [3.63, 3.8) is 0 Å². The lowest BCUT2D eigenvalue weighted by molar-refractivity contribution is 0.105. The van der Waals surface area contributed by atoms with Crippen LogP contribution in [0, 0.1) is 11.6 Å². The molecule has 1 aliphatic heterocycles. The molecule has 0 saturated carbocycles. The molecule has 1 aliphatic rings. The van der Waals surface area contributed by atoms with Crippen molar-refractivity contribution in [2.45, 2.75) is 6.04 Å². The number of hydrogen-bond acceptors (Lipinski definition) is 3. The number of piperazine rings is 1. The number of halogens is 3. The van der Waals surface area contributed by atoms with Gasteiger partial charge >= 0.3 is 0 Å². The minimum Gasteiger partial charge on any atom is -0.394 e. The Balaban J connectivity index is 2.32. The van der Waals surface area contributed by atoms with Gasteiger partial charge in [-0.05, 0) is 12.1 Å². The van der Waals surface area contributed by atoms with E-state index in [1.165, 1.54) is 12.1 Å². The van der Waals surface area contributed by atoms with Gasteiger partial charge in [-0.1, -0.05) is 15.9 Å². The van der Waals surface area contributed by atoms with E-state index >= 15 is 0 Å². The first-order chi connectivity index (χ1) is 8.63. The van der Waals surface area contributed by atoms with Crippen LogP contribution in [0.25, 0.3) is 0 Å². The van der Waals surface area contributed by atoms with Crippen LogP contribution in [0.4, 0.5) is 8.78 Å². The lowest BCUT2D eigenvalue weighted by atomic mass is 10.0. The van der Waals surface area contributed by atoms with E-state index in [-0.39, 0.29) is 12.2 Å². The van der Waals surface area contributed by atoms with Crippen LogP contribution in [0.5, 0.6) is 0 Å². The summed E-state index contributed by atoms with van der Waals surface area (Å²) < 4.78 is 28.1. The maximum atomic E-state index is 13.9. The Morgan fingerprint density at radius 3 is 2.33 bits per heavy atom. The average molecular weight is 321 g/mol. The van der Waals surface area contributed by atoms with E-state index in [1.807, 2.05) is 4.90 Å². The van der Waals surface area contributed by atoms with Crippen molar-refractivity contribution in [3.8, 4) is 0 Å². The highest BCUT2D eigenvalue weighted by molar-refractivity contribution is 9.10. The summed E-state index contributed by atoms with van der Waals surface area (Å²) in [6, 6.07) is 1.83. The molecule has 0 radical (unpaired) electrons. The topological polar surface area (TPSA) is 35.5 Å². The van der Waals surface area contributed by atoms with E-state index in [0.717, 1.165) is 13.1 Å². The third-order valence-electron chi connectivity index (χ3n) is 3.14. The highest BCUT2D eigenvalue weighted by atomic mass is 79.9. The van der Waals surface area contributed by atoms with Gasteiger partial charge in [0, 0.05) is 36.2 Å². The van der Waals surface area contributed by atoms with Gasteiger partial charge in [-0.3, -0.25) is 4.90 Å². The molecule has 0 bridgehead atoms. The summed E-state index contributed by atoms with van der Waals surface area (Å²) in [6.45, 7) is 2.56. The maximum absolute atomic E-state index is 13.9. The molecule has 18 heavy (non-hydrogen) atoms. The smallest absolute Gasteiger partial charge is 0.132 e. The standard InChI is InChI=1S/C12H15BrF2N2O/c13-8-5-9(14)12(10(15)6-8)11(7-18)17-3-1-16-2-4-17/h5-6,11,16,18H,1-4,7H2/t11-/m1/s1. The van der Waals surface area contributed by atoms with Crippen molar-refractivity contribution < 1.29 is 13.9 Å². The molecule has 0 spiro atoms. The van der Waals surface area contributed by atoms with Gasteiger partial charge in [0.15, 0.2) is 0 Å². The lowest BCUT2D eigenvalue weighted by Crippen LogP contribution is -2.46. The fourth-order valence-electron chi connectivity index (χ4n) is 2.25. The van der Waals surface area contributed by atoms with Gasteiger partial charge in [0.2, 0.25) is 0 Å². The van der Waals surface area contributed by atoms with Crippen molar-refractivity contribution in [2.75, 3.05) is 32.8 Å². The Bertz CT molecular complexity index is 402. The molecule has 0 aliphatic carbocycles. The van der Waals surface area contributed by atoms with Gasteiger partial charge in [-0.25, -0.2) is 8.78 Å². The third kappa shape index (κ3) is 2.88. The van der Waals surface area contributed by atoms with Gasteiger partial charge in [0.1, 0.15) is 11.6 Å². The molecule has 0 aromatic heterocycles. The molecule has 1 fully saturated rings. The first-order valence-corrected chi connectivity index (χ1v) is 6.63. The fourth-order valence-corrected chi connectivity index (χ4v) is 2.66. The van der Waals surface area contributed by atoms with Gasteiger partial charge in [-0.2, -0.15) is 0 Å². The molecule has 6 heteroatoms. The fraction of sp³-hybridized carbons (Fsp3) is 0.500. The largest absolute Gasteiger partial charge is 0.394 e. The summed E-state index contributed by atoms with van der Waals surface area (Å²) >= 11 is 3.05. The molecule has 3 nitrogen and oxygen atoms in total. The van der Waals surface area contributed by atoms with Crippen LogP contribution < -0.4 is 5.32 Å². The molecule has 100 valence electrons. The lowest BCUT2D eigenvalue weighted by Gasteiger charge is -2.34. The number of nitrogens with zero attached hydrogens (tertiary/aromatic N) is 1. The van der Waals surface area contributed by atoms with E-state index in [1.54, 1.807) is 0 Å². The van der Waals surface area contributed by atoms with E-state index in [0.29, 0.717) is 17.6 Å². The number of hydrogen-bond donors (Lipinski definition) is 2. The first kappa shape index (κ1) is 13.9. The zero-order valence-electron chi connectivity index (χ0n) is 9.80. The average Bonchev–Trinajstić information content (AvgIpc) is 2.34. The second-order valence-electron chi connectivity index (χ2n) is 4.27. The van der Waals surface area contributed by atoms with Crippen LogP contribution in [0.1, 0.15) is 11.6 Å². The van der Waals surface area contributed by atoms with Crippen LogP contribution in [0.3, 0.4) is 0 Å². The SMILES string of the molecule is OC[C@H](c1c(F)cc(Br)cc1F)N1CCNCC1. The number of benzene rings is 1. The van der Waals surface area contributed by atoms with E-state index in [4.69, 9.17) is 0 Å². The molecule has 1 atom stereocenters. The van der Waals surface area contributed by atoms with Crippen molar-refractivity contribution >= 4 is 15.9 Å². The molecule has 1 heterocycles. The van der Waals surface area contributed by atoms with E-state index in [2.05, 4.69) is 21.2 Å². The van der Waals surface area contributed by atoms with Gasteiger partial charge in [-0.15, -0.1) is 0 Å². The summed E-state index contributed by atoms with van der Waals surface area (Å²) in [7, 11) is 0. The summed E-state index contributed by atoms with van der Waals surface area (Å²) in [4.78, 5) is 1.89. The van der Waals surface area contributed by atoms with Crippen LogP contribution in [-0.4, -0.2) is 42.8 Å². The third-order valence-corrected chi connectivity index (χ3v) is 3.60. The minimum atomic E-state index is -0.626. The molecule has 2 N–H and O–H groups in total. The zero-order valence-corrected chi connectivity index (χ0v) is 11.4. The molecular formula is C12H15BrF2N2O. The molecule has 1 aromatic carbocycles. The first-order valence-electron chi connectivity index (χ1n) is 5.83. The molecule has 1 saturated heterocycles. The molecule has 0 unspecified atom stereocenters. The van der Waals surface area contributed by atoms with Crippen molar-refractivity contribution in [1.29, 1.82) is 0 Å². The Morgan fingerprint density at radius 1 is 1.28 bits per heavy atom. The Labute approximate surface area is 113 Å². The second kappa shape index (κ2) is 6.06. The number of nitrogens with one attached hydrogen (secondary N) is 1. The highest BCUT2D eigenvalue weighted by Gasteiger charge is 2.27. The summed E-state index contributed by atoms with van der Waals surface area (Å²) in [5, 5.41) is 12.6. The normalized spacial score (nSPS) is 18.9. The second-order valence-corrected chi connectivity index (χ2v) is 5.18. The number of aliphatic hydroxyl groups is 1. The maximum Gasteiger partial charge on any atom is 0.132 e. The van der Waals surface area contributed by atoms with Crippen LogP contribution in [0.2, 0.25) is 0 Å². The zero-order chi connectivity index (χ0) is 13.1. The molecule has 1 aromatic rings. The molecular weight excluding hydrogens is 306 g/mol. The summed E-state index contributed by atoms with van der Waals surface area (Å²) in [5.41, 5.74) is -0.0531. The van der Waals surface area contributed by atoms with Crippen LogP contribution in [-0.2, 0) is 0 Å². The van der Waals surface area contributed by atoms with Crippen LogP contribution >= 0.6 is 15.9 Å². The van der Waals surface area contributed by atoms with Gasteiger partial charge in [0.05, 0.1) is 12.6 Å². The van der Waals surface area contributed by atoms with E-state index in [9.17, 15) is 13.9 Å². The Kier molecular flexibility index (Phi) is 4.66. The predicted molar refractivity (Wildman–Crippen MR) is 68.3 cm³/mol. The summed E-state index contributed by atoms with van der Waals surface area (Å²) in [5.74, 6) is -1.25. The highest BCUT2D eigenvalue weighted by Crippen LogP contribution is 2.28. The van der Waals surface area contributed by atoms with Gasteiger partial charge in [0.25, 0.3) is 0 Å². The van der Waals surface area contributed by atoms with Crippen molar-refractivity contribution in [2.24, 2.45) is 0 Å². The van der Waals surface area contributed by atoms with Crippen molar-refractivity contribution in [1.82, 2.24) is 10.2 Å². The molecule has 2 rings (SSSR count). The quantitative estimate of drug-likeness (QED) is 0.889. The Hall–Kier alpha value is -0.560. The Morgan fingerprint density at radius 2 is 1.83 bits per heavy atom. The summed E-state index contributed by atoms with van der Waals surface area (Å²) in [6.07, 6.45) is 0.